The lowest BCUT2D eigenvalue weighted by molar-refractivity contribution is -0.142. The van der Waals surface area contributed by atoms with Crippen molar-refractivity contribution in [1.29, 1.82) is 0 Å². The van der Waals surface area contributed by atoms with Crippen molar-refractivity contribution in [1.82, 2.24) is 10.6 Å². The van der Waals surface area contributed by atoms with Crippen molar-refractivity contribution in [2.75, 3.05) is 6.54 Å². The lowest BCUT2D eigenvalue weighted by Gasteiger charge is -2.19. The maximum absolute atomic E-state index is 11.7. The molecule has 1 aliphatic rings. The first-order chi connectivity index (χ1) is 8.06. The number of rotatable bonds is 6. The van der Waals surface area contributed by atoms with Gasteiger partial charge in [0.2, 0.25) is 5.91 Å². The fourth-order valence-electron chi connectivity index (χ4n) is 1.88. The van der Waals surface area contributed by atoms with E-state index in [1.54, 1.807) is 0 Å². The van der Waals surface area contributed by atoms with Gasteiger partial charge in [-0.1, -0.05) is 19.8 Å². The number of carboxylic acid groups (broad SMARTS) is 1. The third kappa shape index (κ3) is 3.98. The zero-order valence-electron chi connectivity index (χ0n) is 9.98. The molecule has 4 N–H and O–H groups in total. The van der Waals surface area contributed by atoms with Gasteiger partial charge in [-0.3, -0.25) is 4.79 Å². The summed E-state index contributed by atoms with van der Waals surface area (Å²) in [6, 6.07) is -1.55. The van der Waals surface area contributed by atoms with Gasteiger partial charge in [0.25, 0.3) is 0 Å². The Morgan fingerprint density at radius 1 is 1.53 bits per heavy atom. The summed E-state index contributed by atoms with van der Waals surface area (Å²) in [6.45, 7) is 2.54. The third-order valence-electron chi connectivity index (χ3n) is 2.93. The lowest BCUT2D eigenvalue weighted by atomic mass is 10.1. The van der Waals surface area contributed by atoms with Crippen molar-refractivity contribution in [3.8, 4) is 0 Å². The van der Waals surface area contributed by atoms with Crippen LogP contribution in [-0.4, -0.2) is 46.8 Å². The summed E-state index contributed by atoms with van der Waals surface area (Å²) >= 11 is 0. The molecule has 1 unspecified atom stereocenters. The third-order valence-corrected chi connectivity index (χ3v) is 2.93. The Bertz CT molecular complexity index is 283. The van der Waals surface area contributed by atoms with Crippen LogP contribution >= 0.6 is 0 Å². The van der Waals surface area contributed by atoms with Gasteiger partial charge in [0.15, 0.2) is 0 Å². The number of unbranched alkanes of at least 4 members (excludes halogenated alkanes) is 1. The molecule has 1 fully saturated rings. The van der Waals surface area contributed by atoms with Gasteiger partial charge < -0.3 is 20.8 Å². The van der Waals surface area contributed by atoms with Crippen LogP contribution in [0.25, 0.3) is 0 Å². The molecule has 0 aromatic heterocycles. The van der Waals surface area contributed by atoms with E-state index in [9.17, 15) is 14.7 Å². The van der Waals surface area contributed by atoms with E-state index in [2.05, 4.69) is 10.6 Å². The van der Waals surface area contributed by atoms with Gasteiger partial charge in [-0.15, -0.1) is 0 Å². The van der Waals surface area contributed by atoms with Gasteiger partial charge in [0.1, 0.15) is 12.1 Å². The second-order valence-corrected chi connectivity index (χ2v) is 4.33. The quantitative estimate of drug-likeness (QED) is 0.503. The Morgan fingerprint density at radius 3 is 2.71 bits per heavy atom. The Morgan fingerprint density at radius 2 is 2.24 bits per heavy atom. The number of carbonyl (C=O) groups is 2. The normalized spacial score (nSPS) is 25.5. The standard InChI is InChI=1S/C11H20N2O4/c1-2-3-4-7(11(16)17)13-10(15)9-8(14)5-6-12-9/h7-9,12,14H,2-6H2,1H3,(H,13,15)(H,16,17)/t7-,8?,9-/m0/s1. The number of carboxylic acids is 1. The molecule has 1 aliphatic heterocycles. The van der Waals surface area contributed by atoms with Gasteiger partial charge in [-0.05, 0) is 19.4 Å². The Hall–Kier alpha value is -1.14. The summed E-state index contributed by atoms with van der Waals surface area (Å²) in [4.78, 5) is 22.7. The molecule has 1 amide bonds. The summed E-state index contributed by atoms with van der Waals surface area (Å²) < 4.78 is 0. The summed E-state index contributed by atoms with van der Waals surface area (Å²) in [6.07, 6.45) is 1.84. The highest BCUT2D eigenvalue weighted by Crippen LogP contribution is 2.08. The predicted octanol–water partition coefficient (Wildman–Crippen LogP) is -0.531. The first-order valence-electron chi connectivity index (χ1n) is 6.01. The molecular formula is C11H20N2O4. The molecule has 0 aliphatic carbocycles. The van der Waals surface area contributed by atoms with Crippen LogP contribution in [0.1, 0.15) is 32.6 Å². The number of aliphatic hydroxyl groups is 1. The molecule has 0 aromatic carbocycles. The zero-order valence-corrected chi connectivity index (χ0v) is 9.98. The first kappa shape index (κ1) is 13.9. The van der Waals surface area contributed by atoms with Crippen molar-refractivity contribution in [2.45, 2.75) is 50.8 Å². The fraction of sp³-hybridized carbons (Fsp3) is 0.818. The van der Waals surface area contributed by atoms with E-state index in [-0.39, 0.29) is 0 Å². The number of aliphatic hydroxyl groups excluding tert-OH is 1. The molecule has 1 saturated heterocycles. The maximum atomic E-state index is 11.7. The molecule has 0 radical (unpaired) electrons. The van der Waals surface area contributed by atoms with Crippen molar-refractivity contribution in [3.05, 3.63) is 0 Å². The number of carbonyl (C=O) groups excluding carboxylic acids is 1. The summed E-state index contributed by atoms with van der Waals surface area (Å²) in [5.41, 5.74) is 0. The highest BCUT2D eigenvalue weighted by atomic mass is 16.4. The first-order valence-corrected chi connectivity index (χ1v) is 6.01. The van der Waals surface area contributed by atoms with Gasteiger partial charge in [0, 0.05) is 0 Å². The number of hydrogen-bond donors (Lipinski definition) is 4. The Balaban J connectivity index is 2.48. The van der Waals surface area contributed by atoms with E-state index < -0.39 is 30.1 Å². The monoisotopic (exact) mass is 244 g/mol. The minimum atomic E-state index is -1.03. The van der Waals surface area contributed by atoms with Crippen LogP contribution in [0.4, 0.5) is 0 Å². The van der Waals surface area contributed by atoms with E-state index >= 15 is 0 Å². The molecule has 6 nitrogen and oxygen atoms in total. The number of amides is 1. The molecule has 98 valence electrons. The van der Waals surface area contributed by atoms with E-state index in [0.717, 1.165) is 12.8 Å². The van der Waals surface area contributed by atoms with E-state index in [4.69, 9.17) is 5.11 Å². The van der Waals surface area contributed by atoms with Crippen LogP contribution in [0.5, 0.6) is 0 Å². The molecule has 0 saturated carbocycles. The van der Waals surface area contributed by atoms with Crippen molar-refractivity contribution >= 4 is 11.9 Å². The van der Waals surface area contributed by atoms with Crippen LogP contribution in [-0.2, 0) is 9.59 Å². The highest BCUT2D eigenvalue weighted by molar-refractivity contribution is 5.87. The fourth-order valence-corrected chi connectivity index (χ4v) is 1.88. The number of nitrogens with one attached hydrogen (secondary N) is 2. The minimum Gasteiger partial charge on any atom is -0.480 e. The molecule has 0 bridgehead atoms. The summed E-state index contributed by atoms with van der Waals surface area (Å²) in [5, 5.41) is 23.8. The van der Waals surface area contributed by atoms with Gasteiger partial charge in [0.05, 0.1) is 6.10 Å². The van der Waals surface area contributed by atoms with Crippen molar-refractivity contribution < 1.29 is 19.8 Å². The minimum absolute atomic E-state index is 0.417. The van der Waals surface area contributed by atoms with Crippen molar-refractivity contribution in [3.63, 3.8) is 0 Å². The second-order valence-electron chi connectivity index (χ2n) is 4.33. The van der Waals surface area contributed by atoms with Crippen LogP contribution in [0, 0.1) is 0 Å². The highest BCUT2D eigenvalue weighted by Gasteiger charge is 2.33. The topological polar surface area (TPSA) is 98.7 Å². The predicted molar refractivity (Wildman–Crippen MR) is 61.5 cm³/mol. The molecule has 17 heavy (non-hydrogen) atoms. The van der Waals surface area contributed by atoms with E-state index in [0.29, 0.717) is 19.4 Å². The van der Waals surface area contributed by atoms with E-state index in [1.807, 2.05) is 6.92 Å². The summed E-state index contributed by atoms with van der Waals surface area (Å²) in [5.74, 6) is -1.46. The zero-order chi connectivity index (χ0) is 12.8. The molecule has 6 heteroatoms. The van der Waals surface area contributed by atoms with Crippen LogP contribution in [0.3, 0.4) is 0 Å². The van der Waals surface area contributed by atoms with Crippen LogP contribution in [0.2, 0.25) is 0 Å². The lowest BCUT2D eigenvalue weighted by Crippen LogP contribution is -2.51. The maximum Gasteiger partial charge on any atom is 0.326 e. The van der Waals surface area contributed by atoms with Gasteiger partial charge in [-0.2, -0.15) is 0 Å². The number of aliphatic carboxylic acids is 1. The second kappa shape index (κ2) is 6.56. The smallest absolute Gasteiger partial charge is 0.326 e. The molecular weight excluding hydrogens is 224 g/mol. The Kier molecular flexibility index (Phi) is 5.37. The van der Waals surface area contributed by atoms with Crippen LogP contribution < -0.4 is 10.6 Å². The van der Waals surface area contributed by atoms with Crippen molar-refractivity contribution in [2.24, 2.45) is 0 Å². The number of hydrogen-bond acceptors (Lipinski definition) is 4. The Labute approximate surface area is 100 Å². The molecule has 3 atom stereocenters. The molecule has 1 rings (SSSR count). The van der Waals surface area contributed by atoms with Crippen LogP contribution in [0.15, 0.2) is 0 Å². The SMILES string of the molecule is CCCC[C@H](NC(=O)[C@H]1NCCC1O)C(=O)O. The molecule has 0 spiro atoms. The summed E-state index contributed by atoms with van der Waals surface area (Å²) in [7, 11) is 0. The van der Waals surface area contributed by atoms with E-state index in [1.165, 1.54) is 0 Å². The average molecular weight is 244 g/mol. The molecule has 1 heterocycles. The van der Waals surface area contributed by atoms with Gasteiger partial charge in [-0.25, -0.2) is 4.79 Å². The molecule has 0 aromatic rings. The largest absolute Gasteiger partial charge is 0.480 e. The van der Waals surface area contributed by atoms with Gasteiger partial charge >= 0.3 is 5.97 Å². The average Bonchev–Trinajstić information content (AvgIpc) is 2.70.